The van der Waals surface area contributed by atoms with E-state index in [0.29, 0.717) is 25.9 Å². The van der Waals surface area contributed by atoms with Gasteiger partial charge in [0.1, 0.15) is 5.82 Å². The zero-order chi connectivity index (χ0) is 18.0. The van der Waals surface area contributed by atoms with Crippen LogP contribution in [0.4, 0.5) is 10.1 Å². The van der Waals surface area contributed by atoms with Crippen LogP contribution in [0.5, 0.6) is 0 Å². The Hall–Kier alpha value is -2.70. The van der Waals surface area contributed by atoms with Crippen molar-refractivity contribution in [3.63, 3.8) is 0 Å². The third-order valence-electron chi connectivity index (χ3n) is 4.17. The molecule has 25 heavy (non-hydrogen) atoms. The van der Waals surface area contributed by atoms with Crippen LogP contribution in [0.1, 0.15) is 41.9 Å². The first kappa shape index (κ1) is 17.1. The van der Waals surface area contributed by atoms with E-state index in [-0.39, 0.29) is 29.0 Å². The number of anilines is 1. The van der Waals surface area contributed by atoms with Gasteiger partial charge in [0.2, 0.25) is 5.91 Å². The van der Waals surface area contributed by atoms with Gasteiger partial charge >= 0.3 is 0 Å². The molecule has 2 heterocycles. The number of carbonyl (C=O) groups excluding carboxylic acids is 2. The summed E-state index contributed by atoms with van der Waals surface area (Å²) < 4.78 is 14.3. The van der Waals surface area contributed by atoms with Gasteiger partial charge in [0.25, 0.3) is 5.91 Å². The molecule has 7 heteroatoms. The fraction of sp³-hybridized carbons (Fsp3) is 0.389. The molecule has 6 nitrogen and oxygen atoms in total. The first-order chi connectivity index (χ1) is 11.9. The lowest BCUT2D eigenvalue weighted by molar-refractivity contribution is -0.116. The Labute approximate surface area is 145 Å². The molecule has 1 aliphatic heterocycles. The molecule has 1 aromatic heterocycles. The number of aromatic nitrogens is 2. The van der Waals surface area contributed by atoms with Crippen LogP contribution < -0.4 is 5.32 Å². The molecular weight excluding hydrogens is 323 g/mol. The zero-order valence-electron chi connectivity index (χ0n) is 14.3. The molecule has 0 spiro atoms. The maximum Gasteiger partial charge on any atom is 0.254 e. The highest BCUT2D eigenvalue weighted by atomic mass is 19.1. The Morgan fingerprint density at radius 1 is 1.40 bits per heavy atom. The smallest absolute Gasteiger partial charge is 0.254 e. The number of fused-ring (bicyclic) bond motifs is 1. The van der Waals surface area contributed by atoms with Crippen molar-refractivity contribution in [1.82, 2.24) is 15.1 Å². The van der Waals surface area contributed by atoms with Crippen LogP contribution >= 0.6 is 0 Å². The second kappa shape index (κ2) is 7.04. The molecule has 0 saturated carbocycles. The lowest BCUT2D eigenvalue weighted by Gasteiger charge is -2.26. The van der Waals surface area contributed by atoms with Crippen LogP contribution in [0, 0.1) is 11.7 Å². The maximum absolute atomic E-state index is 14.3. The molecule has 0 unspecified atom stereocenters. The number of halogens is 1. The summed E-state index contributed by atoms with van der Waals surface area (Å²) in [6.45, 7) is 4.85. The van der Waals surface area contributed by atoms with Gasteiger partial charge in [0.05, 0.1) is 11.9 Å². The van der Waals surface area contributed by atoms with Gasteiger partial charge in [-0.05, 0) is 24.1 Å². The lowest BCUT2D eigenvalue weighted by Crippen LogP contribution is -2.35. The van der Waals surface area contributed by atoms with Crippen LogP contribution in [0.15, 0.2) is 24.4 Å². The van der Waals surface area contributed by atoms with E-state index in [1.54, 1.807) is 17.2 Å². The standard InChI is InChI=1S/C18H21FN4O2/c1-11(2)7-17(24)21-16-4-3-12(8-14(16)19)18(25)23-6-5-15-13(10-23)9-20-22-15/h3-4,8-9,11H,5-7,10H2,1-2H3,(H,20,22)(H,21,24). The van der Waals surface area contributed by atoms with Crippen LogP contribution in [0.25, 0.3) is 0 Å². The fourth-order valence-electron chi connectivity index (χ4n) is 2.90. The predicted octanol–water partition coefficient (Wildman–Crippen LogP) is 2.73. The number of rotatable bonds is 4. The number of H-pyrrole nitrogens is 1. The molecule has 3 rings (SSSR count). The summed E-state index contributed by atoms with van der Waals surface area (Å²) in [7, 11) is 0. The average Bonchev–Trinajstić information content (AvgIpc) is 3.03. The van der Waals surface area contributed by atoms with Crippen molar-refractivity contribution in [2.75, 3.05) is 11.9 Å². The van der Waals surface area contributed by atoms with E-state index < -0.39 is 5.82 Å². The maximum atomic E-state index is 14.3. The lowest BCUT2D eigenvalue weighted by atomic mass is 10.1. The number of hydrogen-bond donors (Lipinski definition) is 2. The molecule has 0 radical (unpaired) electrons. The Morgan fingerprint density at radius 3 is 2.92 bits per heavy atom. The van der Waals surface area contributed by atoms with Crippen molar-refractivity contribution in [3.8, 4) is 0 Å². The summed E-state index contributed by atoms with van der Waals surface area (Å²) in [5.41, 5.74) is 2.39. The molecule has 0 saturated heterocycles. The van der Waals surface area contributed by atoms with Crippen molar-refractivity contribution in [3.05, 3.63) is 47.0 Å². The molecule has 0 atom stereocenters. The second-order valence-electron chi connectivity index (χ2n) is 6.69. The minimum absolute atomic E-state index is 0.0953. The predicted molar refractivity (Wildman–Crippen MR) is 91.5 cm³/mol. The van der Waals surface area contributed by atoms with E-state index >= 15 is 0 Å². The summed E-state index contributed by atoms with van der Waals surface area (Å²) in [4.78, 5) is 26.0. The van der Waals surface area contributed by atoms with E-state index in [0.717, 1.165) is 11.3 Å². The molecule has 0 fully saturated rings. The summed E-state index contributed by atoms with van der Waals surface area (Å²) >= 11 is 0. The summed E-state index contributed by atoms with van der Waals surface area (Å²) in [5, 5.41) is 9.44. The number of benzene rings is 1. The monoisotopic (exact) mass is 344 g/mol. The molecule has 2 N–H and O–H groups in total. The number of hydrogen-bond acceptors (Lipinski definition) is 3. The van der Waals surface area contributed by atoms with E-state index in [9.17, 15) is 14.0 Å². The van der Waals surface area contributed by atoms with E-state index in [4.69, 9.17) is 0 Å². The summed E-state index contributed by atoms with van der Waals surface area (Å²) in [5.74, 6) is -0.887. The quantitative estimate of drug-likeness (QED) is 0.895. The Kier molecular flexibility index (Phi) is 4.83. The van der Waals surface area contributed by atoms with Gasteiger partial charge in [-0.15, -0.1) is 0 Å². The van der Waals surface area contributed by atoms with Crippen LogP contribution in [0.2, 0.25) is 0 Å². The normalized spacial score (nSPS) is 13.7. The highest BCUT2D eigenvalue weighted by molar-refractivity contribution is 5.96. The number of amides is 2. The van der Waals surface area contributed by atoms with Crippen molar-refractivity contribution in [1.29, 1.82) is 0 Å². The van der Waals surface area contributed by atoms with E-state index in [1.165, 1.54) is 12.1 Å². The average molecular weight is 344 g/mol. The summed E-state index contributed by atoms with van der Waals surface area (Å²) in [6, 6.07) is 4.16. The second-order valence-corrected chi connectivity index (χ2v) is 6.69. The van der Waals surface area contributed by atoms with Crippen LogP contribution in [0.3, 0.4) is 0 Å². The van der Waals surface area contributed by atoms with Gasteiger partial charge in [-0.25, -0.2) is 4.39 Å². The van der Waals surface area contributed by atoms with Gasteiger partial charge in [-0.3, -0.25) is 14.7 Å². The van der Waals surface area contributed by atoms with Gasteiger partial charge in [0, 0.05) is 42.8 Å². The topological polar surface area (TPSA) is 78.1 Å². The minimum Gasteiger partial charge on any atom is -0.334 e. The Balaban J connectivity index is 1.70. The van der Waals surface area contributed by atoms with Crippen molar-refractivity contribution >= 4 is 17.5 Å². The van der Waals surface area contributed by atoms with Crippen LogP contribution in [-0.2, 0) is 17.8 Å². The van der Waals surface area contributed by atoms with E-state index in [2.05, 4.69) is 15.5 Å². The zero-order valence-corrected chi connectivity index (χ0v) is 14.3. The number of nitrogens with zero attached hydrogens (tertiary/aromatic N) is 2. The molecule has 2 aromatic rings. The summed E-state index contributed by atoms with van der Waals surface area (Å²) in [6.07, 6.45) is 2.73. The minimum atomic E-state index is -0.607. The molecule has 2 amide bonds. The largest absolute Gasteiger partial charge is 0.334 e. The Bertz CT molecular complexity index is 800. The molecule has 1 aliphatic rings. The fourth-order valence-corrected chi connectivity index (χ4v) is 2.90. The van der Waals surface area contributed by atoms with Crippen molar-refractivity contribution in [2.45, 2.75) is 33.2 Å². The van der Waals surface area contributed by atoms with Crippen LogP contribution in [-0.4, -0.2) is 33.5 Å². The third kappa shape index (κ3) is 3.87. The van der Waals surface area contributed by atoms with Gasteiger partial charge in [0.15, 0.2) is 0 Å². The van der Waals surface area contributed by atoms with Gasteiger partial charge in [-0.1, -0.05) is 13.8 Å². The number of carbonyl (C=O) groups is 2. The van der Waals surface area contributed by atoms with Gasteiger partial charge in [-0.2, -0.15) is 5.10 Å². The SMILES string of the molecule is CC(C)CC(=O)Nc1ccc(C(=O)N2CCc3[nH]ncc3C2)cc1F. The molecule has 0 bridgehead atoms. The molecule has 132 valence electrons. The molecule has 1 aromatic carbocycles. The van der Waals surface area contributed by atoms with Gasteiger partial charge < -0.3 is 10.2 Å². The highest BCUT2D eigenvalue weighted by Gasteiger charge is 2.23. The number of nitrogens with one attached hydrogen (secondary N) is 2. The van der Waals surface area contributed by atoms with Crippen molar-refractivity contribution < 1.29 is 14.0 Å². The third-order valence-corrected chi connectivity index (χ3v) is 4.17. The molecular formula is C18H21FN4O2. The first-order valence-corrected chi connectivity index (χ1v) is 8.34. The molecule has 0 aliphatic carbocycles. The number of aromatic amines is 1. The highest BCUT2D eigenvalue weighted by Crippen LogP contribution is 2.21. The van der Waals surface area contributed by atoms with Crippen molar-refractivity contribution in [2.24, 2.45) is 5.92 Å². The van der Waals surface area contributed by atoms with E-state index in [1.807, 2.05) is 13.8 Å². The first-order valence-electron chi connectivity index (χ1n) is 8.34. The Morgan fingerprint density at radius 2 is 2.20 bits per heavy atom.